The highest BCUT2D eigenvalue weighted by atomic mass is 16.5. The van der Waals surface area contributed by atoms with Gasteiger partial charge in [-0.15, -0.1) is 0 Å². The number of hydrogen-bond acceptors (Lipinski definition) is 2. The normalized spacial score (nSPS) is 46.1. The molecule has 0 radical (unpaired) electrons. The molecule has 48 valence electrons. The van der Waals surface area contributed by atoms with E-state index in [0.717, 1.165) is 0 Å². The van der Waals surface area contributed by atoms with Gasteiger partial charge >= 0.3 is 0 Å². The topological polar surface area (TPSA) is 43.3 Å². The number of aliphatic hydroxyl groups excluding tert-OH is 1. The van der Waals surface area contributed by atoms with Crippen molar-refractivity contribution in [3.8, 4) is 0 Å². The fourth-order valence-corrected chi connectivity index (χ4v) is 1.15. The van der Waals surface area contributed by atoms with Crippen molar-refractivity contribution < 1.29 is 9.75 Å². The van der Waals surface area contributed by atoms with Crippen molar-refractivity contribution in [1.29, 1.82) is 0 Å². The van der Waals surface area contributed by atoms with Gasteiger partial charge < -0.3 is 15.0 Å². The van der Waals surface area contributed by atoms with Crippen LogP contribution in [0.5, 0.6) is 0 Å². The summed E-state index contributed by atoms with van der Waals surface area (Å²) in [5.74, 6) is 0.275. The van der Waals surface area contributed by atoms with Gasteiger partial charge in [0.05, 0.1) is 32.7 Å². The molecule has 1 heterocycles. The van der Waals surface area contributed by atoms with E-state index in [1.165, 1.54) is 0 Å². The quantitative estimate of drug-likeness (QED) is 0.373. The minimum Gasteiger partial charge on any atom is -0.633 e. The standard InChI is InChI=1S/C5H11NO2/c1-6(8)2-5(3-6)4-7/h5,7H,2-4H2,1H3. The minimum absolute atomic E-state index is 0.161. The van der Waals surface area contributed by atoms with Gasteiger partial charge in [0.15, 0.2) is 0 Å². The van der Waals surface area contributed by atoms with E-state index in [1.807, 2.05) is 0 Å². The van der Waals surface area contributed by atoms with Gasteiger partial charge in [-0.05, 0) is 0 Å². The van der Waals surface area contributed by atoms with E-state index in [0.29, 0.717) is 13.1 Å². The summed E-state index contributed by atoms with van der Waals surface area (Å²) in [4.78, 5) is 0. The van der Waals surface area contributed by atoms with Crippen molar-refractivity contribution in [3.05, 3.63) is 5.21 Å². The Hall–Kier alpha value is -0.120. The Morgan fingerprint density at radius 2 is 2.25 bits per heavy atom. The molecule has 0 saturated carbocycles. The van der Waals surface area contributed by atoms with Crippen LogP contribution in [0.25, 0.3) is 0 Å². The summed E-state index contributed by atoms with van der Waals surface area (Å²) in [5, 5.41) is 19.2. The summed E-state index contributed by atoms with van der Waals surface area (Å²) in [5.41, 5.74) is 0. The highest BCUT2D eigenvalue weighted by Crippen LogP contribution is 2.20. The van der Waals surface area contributed by atoms with Gasteiger partial charge in [-0.3, -0.25) is 0 Å². The zero-order valence-corrected chi connectivity index (χ0v) is 5.00. The van der Waals surface area contributed by atoms with E-state index in [1.54, 1.807) is 7.05 Å². The predicted molar refractivity (Wildman–Crippen MR) is 29.9 cm³/mol. The van der Waals surface area contributed by atoms with E-state index < -0.39 is 0 Å². The lowest BCUT2D eigenvalue weighted by atomic mass is 10.0. The van der Waals surface area contributed by atoms with Crippen LogP contribution in [0.1, 0.15) is 0 Å². The van der Waals surface area contributed by atoms with Crippen LogP contribution in [0.15, 0.2) is 0 Å². The van der Waals surface area contributed by atoms with Crippen LogP contribution in [-0.4, -0.2) is 36.5 Å². The maximum Gasteiger partial charge on any atom is 0.0887 e. The molecule has 0 amide bonds. The molecule has 1 fully saturated rings. The van der Waals surface area contributed by atoms with Gasteiger partial charge in [0.25, 0.3) is 0 Å². The summed E-state index contributed by atoms with van der Waals surface area (Å²) in [6.07, 6.45) is 0. The molecule has 1 rings (SSSR count). The lowest BCUT2D eigenvalue weighted by molar-refractivity contribution is -0.911. The van der Waals surface area contributed by atoms with Crippen molar-refractivity contribution >= 4 is 0 Å². The molecule has 1 aliphatic heterocycles. The van der Waals surface area contributed by atoms with E-state index >= 15 is 0 Å². The number of hydrogen-bond donors (Lipinski definition) is 1. The molecule has 1 N–H and O–H groups in total. The number of nitrogens with zero attached hydrogens (tertiary/aromatic N) is 1. The monoisotopic (exact) mass is 117 g/mol. The van der Waals surface area contributed by atoms with Crippen LogP contribution in [-0.2, 0) is 0 Å². The number of aliphatic hydroxyl groups is 1. The van der Waals surface area contributed by atoms with Crippen molar-refractivity contribution in [2.24, 2.45) is 5.92 Å². The Balaban J connectivity index is 2.21. The average Bonchev–Trinajstić information content (AvgIpc) is 1.60. The molecule has 0 spiro atoms. The summed E-state index contributed by atoms with van der Waals surface area (Å²) in [6.45, 7) is 1.36. The molecule has 3 heteroatoms. The Bertz CT molecular complexity index is 84.4. The van der Waals surface area contributed by atoms with E-state index in [9.17, 15) is 5.21 Å². The third-order valence-corrected chi connectivity index (χ3v) is 1.55. The van der Waals surface area contributed by atoms with Crippen LogP contribution in [0.4, 0.5) is 0 Å². The van der Waals surface area contributed by atoms with Gasteiger partial charge in [-0.1, -0.05) is 0 Å². The first-order chi connectivity index (χ1) is 3.64. The van der Waals surface area contributed by atoms with E-state index in [4.69, 9.17) is 5.11 Å². The lowest BCUT2D eigenvalue weighted by Crippen LogP contribution is -2.57. The van der Waals surface area contributed by atoms with Crippen LogP contribution >= 0.6 is 0 Å². The first-order valence-corrected chi connectivity index (χ1v) is 2.80. The Morgan fingerprint density at radius 1 is 1.75 bits per heavy atom. The molecule has 0 bridgehead atoms. The second-order valence-corrected chi connectivity index (χ2v) is 2.71. The maximum atomic E-state index is 10.8. The zero-order valence-electron chi connectivity index (χ0n) is 5.00. The average molecular weight is 117 g/mol. The first-order valence-electron chi connectivity index (χ1n) is 2.80. The molecule has 8 heavy (non-hydrogen) atoms. The Kier molecular flexibility index (Phi) is 1.27. The second kappa shape index (κ2) is 1.69. The van der Waals surface area contributed by atoms with Crippen LogP contribution in [0, 0.1) is 11.1 Å². The van der Waals surface area contributed by atoms with Gasteiger partial charge in [0, 0.05) is 0 Å². The van der Waals surface area contributed by atoms with E-state index in [2.05, 4.69) is 0 Å². The molecule has 0 aromatic rings. The third kappa shape index (κ3) is 0.992. The molecule has 0 aromatic carbocycles. The molecular weight excluding hydrogens is 106 g/mol. The van der Waals surface area contributed by atoms with Crippen molar-refractivity contribution in [3.63, 3.8) is 0 Å². The number of quaternary nitrogens is 1. The van der Waals surface area contributed by atoms with Gasteiger partial charge in [-0.2, -0.15) is 0 Å². The molecule has 0 atom stereocenters. The molecular formula is C5H11NO2. The van der Waals surface area contributed by atoms with Crippen molar-refractivity contribution in [2.75, 3.05) is 26.7 Å². The largest absolute Gasteiger partial charge is 0.633 e. The highest BCUT2D eigenvalue weighted by molar-refractivity contribution is 4.65. The number of rotatable bonds is 1. The van der Waals surface area contributed by atoms with Gasteiger partial charge in [0.2, 0.25) is 0 Å². The maximum absolute atomic E-state index is 10.8. The van der Waals surface area contributed by atoms with Crippen molar-refractivity contribution in [1.82, 2.24) is 0 Å². The Labute approximate surface area is 48.7 Å². The second-order valence-electron chi connectivity index (χ2n) is 2.71. The van der Waals surface area contributed by atoms with Crippen LogP contribution in [0.2, 0.25) is 0 Å². The van der Waals surface area contributed by atoms with Gasteiger partial charge in [-0.25, -0.2) is 0 Å². The third-order valence-electron chi connectivity index (χ3n) is 1.55. The summed E-state index contributed by atoms with van der Waals surface area (Å²) in [6, 6.07) is 0. The highest BCUT2D eigenvalue weighted by Gasteiger charge is 2.32. The molecule has 1 aliphatic rings. The van der Waals surface area contributed by atoms with Crippen LogP contribution in [0.3, 0.4) is 0 Å². The molecule has 1 saturated heterocycles. The minimum atomic E-state index is -0.161. The summed E-state index contributed by atoms with van der Waals surface area (Å²) < 4.78 is -0.161. The Morgan fingerprint density at radius 3 is 2.38 bits per heavy atom. The molecule has 0 aliphatic carbocycles. The summed E-state index contributed by atoms with van der Waals surface area (Å²) >= 11 is 0. The SMILES string of the molecule is C[N+]1([O-])CC(CO)C1. The molecule has 3 nitrogen and oxygen atoms in total. The van der Waals surface area contributed by atoms with Gasteiger partial charge in [0.1, 0.15) is 0 Å². The molecule has 0 aromatic heterocycles. The first kappa shape index (κ1) is 6.01. The number of likely N-dealkylation sites (tertiary alicyclic amines) is 1. The molecule has 0 unspecified atom stereocenters. The fourth-order valence-electron chi connectivity index (χ4n) is 1.15. The number of hydroxylamine groups is 3. The zero-order chi connectivity index (χ0) is 6.20. The lowest BCUT2D eigenvalue weighted by Gasteiger charge is -2.50. The fraction of sp³-hybridized carbons (Fsp3) is 1.00. The predicted octanol–water partition coefficient (Wildman–Crippen LogP) is -0.447. The van der Waals surface area contributed by atoms with Crippen molar-refractivity contribution in [2.45, 2.75) is 0 Å². The van der Waals surface area contributed by atoms with Crippen LogP contribution < -0.4 is 0 Å². The van der Waals surface area contributed by atoms with E-state index in [-0.39, 0.29) is 17.2 Å². The smallest absolute Gasteiger partial charge is 0.0887 e. The summed E-state index contributed by atoms with van der Waals surface area (Å²) in [7, 11) is 1.63.